The van der Waals surface area contributed by atoms with Crippen LogP contribution in [0.1, 0.15) is 86.0 Å². The van der Waals surface area contributed by atoms with E-state index in [1.807, 2.05) is 20.8 Å². The molecule has 2 unspecified atom stereocenters. The monoisotopic (exact) mass is 594 g/mol. The summed E-state index contributed by atoms with van der Waals surface area (Å²) < 4.78 is 0. The molecule has 0 saturated heterocycles. The van der Waals surface area contributed by atoms with Crippen LogP contribution in [0, 0.1) is 11.8 Å². The third-order valence-electron chi connectivity index (χ3n) is 10.0. The molecule has 4 heterocycles. The number of aliphatic carboxylic acids is 2. The fraction of sp³-hybridized carbons (Fsp3) is 0.576. The van der Waals surface area contributed by atoms with Gasteiger partial charge in [0.05, 0.1) is 12.1 Å². The molecule has 0 spiro atoms. The minimum Gasteiger partial charge on any atom is -0.481 e. The number of amides is 2. The van der Waals surface area contributed by atoms with Gasteiger partial charge in [0.2, 0.25) is 5.91 Å². The molecule has 0 aromatic rings. The lowest BCUT2D eigenvalue weighted by molar-refractivity contribution is -0.138. The lowest BCUT2D eigenvalue weighted by Crippen LogP contribution is -2.39. The summed E-state index contributed by atoms with van der Waals surface area (Å²) in [6.45, 7) is 13.8. The quantitative estimate of drug-likeness (QED) is 0.177. The largest absolute Gasteiger partial charge is 0.481 e. The number of hydrogen-bond acceptors (Lipinski definition) is 6. The Morgan fingerprint density at radius 2 is 1.49 bits per heavy atom. The summed E-state index contributed by atoms with van der Waals surface area (Å²) in [7, 11) is 0. The Labute approximate surface area is 253 Å². The number of rotatable bonds is 14. The van der Waals surface area contributed by atoms with Crippen molar-refractivity contribution in [2.75, 3.05) is 0 Å². The van der Waals surface area contributed by atoms with Gasteiger partial charge in [-0.15, -0.1) is 0 Å². The van der Waals surface area contributed by atoms with Crippen LogP contribution in [0.2, 0.25) is 0 Å². The van der Waals surface area contributed by atoms with Crippen LogP contribution < -0.4 is 21.3 Å². The molecule has 0 aliphatic carbocycles. The SMILES string of the molecule is C=CC1=C(C)[C@H](CC2=C(C)[C@H](CCC(=O)O)C(CC3=C(CCC(=O)O)C(C)[C@H](C[C@H]4NC(=O)C(C)=C4CC)N3)N2)NC1=O. The van der Waals surface area contributed by atoms with Crippen LogP contribution in [0.4, 0.5) is 0 Å². The Balaban J connectivity index is 1.56. The van der Waals surface area contributed by atoms with Crippen LogP contribution in [-0.4, -0.2) is 58.1 Å². The molecule has 234 valence electrons. The average molecular weight is 595 g/mol. The molecule has 10 heteroatoms. The zero-order chi connectivity index (χ0) is 31.6. The van der Waals surface area contributed by atoms with Gasteiger partial charge in [-0.05, 0) is 74.7 Å². The van der Waals surface area contributed by atoms with Crippen molar-refractivity contribution in [3.05, 3.63) is 57.5 Å². The predicted molar refractivity (Wildman–Crippen MR) is 164 cm³/mol. The molecule has 0 aromatic carbocycles. The van der Waals surface area contributed by atoms with Crippen LogP contribution in [0.5, 0.6) is 0 Å². The second-order valence-electron chi connectivity index (χ2n) is 12.4. The van der Waals surface area contributed by atoms with Gasteiger partial charge in [-0.1, -0.05) is 26.5 Å². The molecule has 0 fully saturated rings. The van der Waals surface area contributed by atoms with E-state index >= 15 is 0 Å². The van der Waals surface area contributed by atoms with E-state index in [-0.39, 0.29) is 60.7 Å². The van der Waals surface area contributed by atoms with E-state index in [9.17, 15) is 29.4 Å². The summed E-state index contributed by atoms with van der Waals surface area (Å²) in [4.78, 5) is 47.9. The summed E-state index contributed by atoms with van der Waals surface area (Å²) in [5, 5.41) is 32.5. The van der Waals surface area contributed by atoms with E-state index in [0.29, 0.717) is 37.7 Å². The Morgan fingerprint density at radius 1 is 0.837 bits per heavy atom. The molecule has 0 saturated carbocycles. The first-order valence-electron chi connectivity index (χ1n) is 15.4. The van der Waals surface area contributed by atoms with Gasteiger partial charge in [0.15, 0.2) is 0 Å². The zero-order valence-electron chi connectivity index (χ0n) is 25.9. The summed E-state index contributed by atoms with van der Waals surface area (Å²) >= 11 is 0. The van der Waals surface area contributed by atoms with Crippen molar-refractivity contribution in [3.63, 3.8) is 0 Å². The highest BCUT2D eigenvalue weighted by molar-refractivity contribution is 6.00. The molecule has 4 aliphatic heterocycles. The fourth-order valence-electron chi connectivity index (χ4n) is 7.43. The molecule has 6 N–H and O–H groups in total. The van der Waals surface area contributed by atoms with Crippen molar-refractivity contribution in [1.82, 2.24) is 21.3 Å². The van der Waals surface area contributed by atoms with E-state index in [1.54, 1.807) is 6.08 Å². The topological polar surface area (TPSA) is 157 Å². The maximum absolute atomic E-state index is 12.4. The van der Waals surface area contributed by atoms with Crippen LogP contribution in [0.15, 0.2) is 57.5 Å². The highest BCUT2D eigenvalue weighted by Crippen LogP contribution is 2.40. The number of nitrogens with one attached hydrogen (secondary N) is 4. The van der Waals surface area contributed by atoms with Gasteiger partial charge in [-0.3, -0.25) is 19.2 Å². The lowest BCUT2D eigenvalue weighted by Gasteiger charge is -2.25. The highest BCUT2D eigenvalue weighted by Gasteiger charge is 2.40. The van der Waals surface area contributed by atoms with E-state index < -0.39 is 11.9 Å². The molecule has 43 heavy (non-hydrogen) atoms. The van der Waals surface area contributed by atoms with Crippen LogP contribution in [0.25, 0.3) is 0 Å². The molecule has 0 bridgehead atoms. The molecular formula is C33H46N4O6. The van der Waals surface area contributed by atoms with Crippen molar-refractivity contribution >= 4 is 23.8 Å². The third-order valence-corrected chi connectivity index (χ3v) is 10.0. The number of carbonyl (C=O) groups is 4. The van der Waals surface area contributed by atoms with Gasteiger partial charge in [-0.2, -0.15) is 0 Å². The second kappa shape index (κ2) is 13.2. The van der Waals surface area contributed by atoms with E-state index in [4.69, 9.17) is 0 Å². The maximum Gasteiger partial charge on any atom is 0.303 e. The van der Waals surface area contributed by atoms with Crippen molar-refractivity contribution in [2.45, 2.75) is 110 Å². The van der Waals surface area contributed by atoms with Crippen LogP contribution in [0.3, 0.4) is 0 Å². The van der Waals surface area contributed by atoms with Gasteiger partial charge >= 0.3 is 11.9 Å². The average Bonchev–Trinajstić information content (AvgIpc) is 3.59. The minimum atomic E-state index is -0.851. The number of carboxylic acids is 2. The smallest absolute Gasteiger partial charge is 0.303 e. The van der Waals surface area contributed by atoms with Gasteiger partial charge < -0.3 is 31.5 Å². The molecule has 4 rings (SSSR count). The maximum atomic E-state index is 12.4. The predicted octanol–water partition coefficient (Wildman–Crippen LogP) is 3.84. The first kappa shape index (κ1) is 32.1. The molecule has 6 atom stereocenters. The van der Waals surface area contributed by atoms with Crippen molar-refractivity contribution < 1.29 is 29.4 Å². The number of carboxylic acid groups (broad SMARTS) is 2. The molecule has 0 aromatic heterocycles. The van der Waals surface area contributed by atoms with Crippen molar-refractivity contribution in [3.8, 4) is 0 Å². The molecular weight excluding hydrogens is 548 g/mol. The van der Waals surface area contributed by atoms with E-state index in [2.05, 4.69) is 41.7 Å². The van der Waals surface area contributed by atoms with Gasteiger partial charge in [0, 0.05) is 66.2 Å². The second-order valence-corrected chi connectivity index (χ2v) is 12.4. The number of hydrogen-bond donors (Lipinski definition) is 6. The third kappa shape index (κ3) is 6.73. The normalized spacial score (nSPS) is 28.9. The van der Waals surface area contributed by atoms with Gasteiger partial charge in [0.1, 0.15) is 0 Å². The summed E-state index contributed by atoms with van der Waals surface area (Å²) in [5.41, 5.74) is 7.63. The Morgan fingerprint density at radius 3 is 2.09 bits per heavy atom. The zero-order valence-corrected chi connectivity index (χ0v) is 25.9. The Hall–Kier alpha value is -3.82. The summed E-state index contributed by atoms with van der Waals surface area (Å²) in [6, 6.07) is -0.272. The van der Waals surface area contributed by atoms with Gasteiger partial charge in [-0.25, -0.2) is 0 Å². The molecule has 0 radical (unpaired) electrons. The molecule has 4 aliphatic rings. The standard InChI is InChI=1S/C33H46N4O6/c1-7-20-19(6)32(42)37-27(20)14-25-18(5)23(10-12-31(40)41)29(35-25)15-28-22(9-11-30(38)39)17(4)24(34-28)13-26-16(3)21(8-2)33(43)36-26/h8,18,22,25-28,34-35H,2,7,9-15H2,1,3-6H3,(H,36,43)(H,37,42)(H,38,39)(H,40,41)/t18?,22-,25-,26-,27+,28?/m0/s1. The highest BCUT2D eigenvalue weighted by atomic mass is 16.4. The van der Waals surface area contributed by atoms with E-state index in [0.717, 1.165) is 45.7 Å². The van der Waals surface area contributed by atoms with Crippen LogP contribution >= 0.6 is 0 Å². The minimum absolute atomic E-state index is 0.0258. The van der Waals surface area contributed by atoms with Crippen molar-refractivity contribution in [2.24, 2.45) is 11.8 Å². The first-order valence-corrected chi connectivity index (χ1v) is 15.4. The number of carbonyl (C=O) groups excluding carboxylic acids is 2. The van der Waals surface area contributed by atoms with Crippen molar-refractivity contribution in [1.29, 1.82) is 0 Å². The van der Waals surface area contributed by atoms with E-state index in [1.165, 1.54) is 0 Å². The molecule has 2 amide bonds. The Bertz CT molecular complexity index is 1340. The fourth-order valence-corrected chi connectivity index (χ4v) is 7.43. The summed E-state index contributed by atoms with van der Waals surface area (Å²) in [5.74, 6) is -1.80. The molecule has 10 nitrogen and oxygen atoms in total. The lowest BCUT2D eigenvalue weighted by atomic mass is 9.85. The van der Waals surface area contributed by atoms with Crippen LogP contribution in [-0.2, 0) is 19.2 Å². The van der Waals surface area contributed by atoms with Gasteiger partial charge in [0.25, 0.3) is 5.91 Å². The Kier molecular flexibility index (Phi) is 9.87. The summed E-state index contributed by atoms with van der Waals surface area (Å²) in [6.07, 6.45) is 5.21. The first-order chi connectivity index (χ1) is 20.4.